The molecular weight excluding hydrogens is 324 g/mol. The van der Waals surface area contributed by atoms with Gasteiger partial charge in [0.15, 0.2) is 0 Å². The second-order valence-electron chi connectivity index (χ2n) is 6.77. The molecule has 136 valence electrons. The molecule has 0 aliphatic carbocycles. The van der Waals surface area contributed by atoms with Crippen LogP contribution in [0.15, 0.2) is 54.6 Å². The van der Waals surface area contributed by atoms with Gasteiger partial charge in [-0.05, 0) is 42.7 Å². The molecular formula is C22H26N2O2. The van der Waals surface area contributed by atoms with Crippen LogP contribution in [0, 0.1) is 0 Å². The summed E-state index contributed by atoms with van der Waals surface area (Å²) in [6.45, 7) is 4.22. The van der Waals surface area contributed by atoms with E-state index < -0.39 is 0 Å². The van der Waals surface area contributed by atoms with E-state index in [-0.39, 0.29) is 11.8 Å². The van der Waals surface area contributed by atoms with Crippen molar-refractivity contribution in [2.75, 3.05) is 18.0 Å². The first-order valence-electron chi connectivity index (χ1n) is 9.42. The third kappa shape index (κ3) is 4.31. The summed E-state index contributed by atoms with van der Waals surface area (Å²) in [5.41, 5.74) is 2.61. The monoisotopic (exact) mass is 350 g/mol. The molecule has 0 N–H and O–H groups in total. The van der Waals surface area contributed by atoms with Gasteiger partial charge < -0.3 is 9.80 Å². The molecule has 0 atom stereocenters. The number of unbranched alkanes of at least 4 members (excludes halogenated alkanes) is 1. The first kappa shape index (κ1) is 18.2. The Bertz CT molecular complexity index is 758. The van der Waals surface area contributed by atoms with Gasteiger partial charge in [0.2, 0.25) is 5.91 Å². The normalized spacial score (nSPS) is 13.9. The van der Waals surface area contributed by atoms with E-state index in [0.29, 0.717) is 25.1 Å². The Morgan fingerprint density at radius 3 is 2.62 bits per heavy atom. The highest BCUT2D eigenvalue weighted by Crippen LogP contribution is 2.20. The van der Waals surface area contributed by atoms with Gasteiger partial charge in [0.1, 0.15) is 0 Å². The average molecular weight is 350 g/mol. The smallest absolute Gasteiger partial charge is 0.258 e. The lowest BCUT2D eigenvalue weighted by Gasteiger charge is -2.23. The topological polar surface area (TPSA) is 40.6 Å². The summed E-state index contributed by atoms with van der Waals surface area (Å²) in [7, 11) is 0. The van der Waals surface area contributed by atoms with E-state index in [1.54, 1.807) is 0 Å². The number of carbonyl (C=O) groups is 2. The molecule has 2 amide bonds. The summed E-state index contributed by atoms with van der Waals surface area (Å²) in [5.74, 6) is 0.217. The molecule has 0 bridgehead atoms. The Kier molecular flexibility index (Phi) is 6.05. The van der Waals surface area contributed by atoms with Crippen molar-refractivity contribution < 1.29 is 9.59 Å². The maximum Gasteiger partial charge on any atom is 0.258 e. The van der Waals surface area contributed by atoms with Gasteiger partial charge in [0, 0.05) is 37.3 Å². The number of amides is 2. The molecule has 0 saturated carbocycles. The molecule has 2 aromatic carbocycles. The van der Waals surface area contributed by atoms with Crippen LogP contribution < -0.4 is 4.90 Å². The van der Waals surface area contributed by atoms with Crippen LogP contribution in [0.5, 0.6) is 0 Å². The van der Waals surface area contributed by atoms with Crippen molar-refractivity contribution >= 4 is 17.5 Å². The van der Waals surface area contributed by atoms with Crippen LogP contribution in [0.4, 0.5) is 5.69 Å². The Hall–Kier alpha value is -2.62. The number of nitrogens with zero attached hydrogens (tertiary/aromatic N) is 2. The van der Waals surface area contributed by atoms with Gasteiger partial charge in [-0.3, -0.25) is 9.59 Å². The molecule has 1 aliphatic rings. The average Bonchev–Trinajstić information content (AvgIpc) is 3.07. The molecule has 3 rings (SSSR count). The van der Waals surface area contributed by atoms with Crippen molar-refractivity contribution in [2.45, 2.75) is 39.2 Å². The maximum absolute atomic E-state index is 13.2. The molecule has 1 fully saturated rings. The lowest BCUT2D eigenvalue weighted by atomic mass is 10.1. The lowest BCUT2D eigenvalue weighted by molar-refractivity contribution is -0.128. The van der Waals surface area contributed by atoms with Crippen LogP contribution in [0.25, 0.3) is 0 Å². The predicted octanol–water partition coefficient (Wildman–Crippen LogP) is 4.26. The summed E-state index contributed by atoms with van der Waals surface area (Å²) in [4.78, 5) is 28.7. The first-order chi connectivity index (χ1) is 12.7. The molecule has 1 saturated heterocycles. The number of rotatable bonds is 7. The van der Waals surface area contributed by atoms with Crippen LogP contribution in [-0.2, 0) is 11.3 Å². The lowest BCUT2D eigenvalue weighted by Crippen LogP contribution is -2.32. The minimum Gasteiger partial charge on any atom is -0.338 e. The fourth-order valence-corrected chi connectivity index (χ4v) is 3.32. The summed E-state index contributed by atoms with van der Waals surface area (Å²) < 4.78 is 0. The third-order valence-corrected chi connectivity index (χ3v) is 4.77. The number of anilines is 1. The molecule has 1 aliphatic heterocycles. The van der Waals surface area contributed by atoms with Crippen LogP contribution >= 0.6 is 0 Å². The number of para-hydroxylation sites is 1. The summed E-state index contributed by atoms with van der Waals surface area (Å²) in [6, 6.07) is 17.5. The molecule has 0 unspecified atom stereocenters. The second-order valence-corrected chi connectivity index (χ2v) is 6.77. The number of benzene rings is 2. The summed E-state index contributed by atoms with van der Waals surface area (Å²) >= 11 is 0. The van der Waals surface area contributed by atoms with Crippen molar-refractivity contribution in [3.63, 3.8) is 0 Å². The molecule has 4 heteroatoms. The standard InChI is InChI=1S/C22H26N2O2/c1-2-3-15-24(20-11-5-4-6-12-20)22(26)19-10-7-9-18(16-19)17-23-14-8-13-21(23)25/h4-7,9-12,16H,2-3,8,13-15,17H2,1H3. The molecule has 0 spiro atoms. The zero-order valence-electron chi connectivity index (χ0n) is 15.4. The molecule has 2 aromatic rings. The van der Waals surface area contributed by atoms with E-state index in [1.807, 2.05) is 64.4 Å². The van der Waals surface area contributed by atoms with Crippen LogP contribution in [-0.4, -0.2) is 29.8 Å². The third-order valence-electron chi connectivity index (χ3n) is 4.77. The van der Waals surface area contributed by atoms with Crippen molar-refractivity contribution in [3.05, 3.63) is 65.7 Å². The highest BCUT2D eigenvalue weighted by molar-refractivity contribution is 6.06. The Labute approximate surface area is 155 Å². The zero-order chi connectivity index (χ0) is 18.4. The number of carbonyl (C=O) groups excluding carboxylic acids is 2. The quantitative estimate of drug-likeness (QED) is 0.749. The van der Waals surface area contributed by atoms with Gasteiger partial charge in [0.05, 0.1) is 0 Å². The zero-order valence-corrected chi connectivity index (χ0v) is 15.4. The van der Waals surface area contributed by atoms with Gasteiger partial charge in [-0.2, -0.15) is 0 Å². The van der Waals surface area contributed by atoms with Crippen LogP contribution in [0.3, 0.4) is 0 Å². The van der Waals surface area contributed by atoms with Gasteiger partial charge in [-0.1, -0.05) is 43.7 Å². The molecule has 26 heavy (non-hydrogen) atoms. The van der Waals surface area contributed by atoms with Crippen molar-refractivity contribution in [2.24, 2.45) is 0 Å². The maximum atomic E-state index is 13.2. The highest BCUT2D eigenvalue weighted by atomic mass is 16.2. The van der Waals surface area contributed by atoms with E-state index in [0.717, 1.165) is 37.1 Å². The summed E-state index contributed by atoms with van der Waals surface area (Å²) in [6.07, 6.45) is 3.56. The molecule has 0 radical (unpaired) electrons. The van der Waals surface area contributed by atoms with Gasteiger partial charge in [-0.15, -0.1) is 0 Å². The predicted molar refractivity (Wildman–Crippen MR) is 104 cm³/mol. The van der Waals surface area contributed by atoms with Crippen molar-refractivity contribution in [3.8, 4) is 0 Å². The molecule has 1 heterocycles. The van der Waals surface area contributed by atoms with Gasteiger partial charge in [-0.25, -0.2) is 0 Å². The van der Waals surface area contributed by atoms with Crippen LogP contribution in [0.1, 0.15) is 48.5 Å². The largest absolute Gasteiger partial charge is 0.338 e. The van der Waals surface area contributed by atoms with E-state index in [4.69, 9.17) is 0 Å². The number of hydrogen-bond donors (Lipinski definition) is 0. The minimum atomic E-state index is 0.0132. The van der Waals surface area contributed by atoms with Crippen LogP contribution in [0.2, 0.25) is 0 Å². The minimum absolute atomic E-state index is 0.0132. The van der Waals surface area contributed by atoms with E-state index in [1.165, 1.54) is 0 Å². The SMILES string of the molecule is CCCCN(C(=O)c1cccc(CN2CCCC2=O)c1)c1ccccc1. The van der Waals surface area contributed by atoms with E-state index in [2.05, 4.69) is 6.92 Å². The Morgan fingerprint density at radius 1 is 1.12 bits per heavy atom. The molecule has 0 aromatic heterocycles. The fraction of sp³-hybridized carbons (Fsp3) is 0.364. The van der Waals surface area contributed by atoms with E-state index in [9.17, 15) is 9.59 Å². The van der Waals surface area contributed by atoms with E-state index >= 15 is 0 Å². The summed E-state index contributed by atoms with van der Waals surface area (Å²) in [5, 5.41) is 0. The fourth-order valence-electron chi connectivity index (χ4n) is 3.32. The Balaban J connectivity index is 1.80. The Morgan fingerprint density at radius 2 is 1.92 bits per heavy atom. The van der Waals surface area contributed by atoms with Gasteiger partial charge >= 0.3 is 0 Å². The van der Waals surface area contributed by atoms with Gasteiger partial charge in [0.25, 0.3) is 5.91 Å². The number of hydrogen-bond acceptors (Lipinski definition) is 2. The molecule has 4 nitrogen and oxygen atoms in total. The van der Waals surface area contributed by atoms with Crippen molar-refractivity contribution in [1.82, 2.24) is 4.90 Å². The highest BCUT2D eigenvalue weighted by Gasteiger charge is 2.21. The first-order valence-corrected chi connectivity index (χ1v) is 9.42. The van der Waals surface area contributed by atoms with Crippen molar-refractivity contribution in [1.29, 1.82) is 0 Å². The number of likely N-dealkylation sites (tertiary alicyclic amines) is 1. The second kappa shape index (κ2) is 8.65.